The standard InChI is InChI=1S/C22H30N2O3/c1-15-12-19(20(22(26)27)13-16(15)2)21(25)23-18-8-10-24(11-9-18)14-17-6-4-3-5-7-17/h3-7,18-20H,8-14H2,1-2H3,(H,23,25)(H,26,27)/t19-,20-/m0/s1. The summed E-state index contributed by atoms with van der Waals surface area (Å²) in [6.45, 7) is 6.82. The quantitative estimate of drug-likeness (QED) is 0.781. The molecule has 1 aromatic carbocycles. The second-order valence-corrected chi connectivity index (χ2v) is 8.06. The number of likely N-dealkylation sites (tertiary alicyclic amines) is 1. The van der Waals surface area contributed by atoms with Crippen molar-refractivity contribution >= 4 is 11.9 Å². The molecule has 1 amide bonds. The van der Waals surface area contributed by atoms with Crippen molar-refractivity contribution in [3.05, 3.63) is 47.0 Å². The van der Waals surface area contributed by atoms with E-state index in [-0.39, 0.29) is 11.9 Å². The fourth-order valence-corrected chi connectivity index (χ4v) is 4.21. The number of carboxylic acids is 1. The number of allylic oxidation sites excluding steroid dienone is 2. The number of rotatable bonds is 5. The second-order valence-electron chi connectivity index (χ2n) is 8.06. The Morgan fingerprint density at radius 1 is 1.04 bits per heavy atom. The molecule has 0 aromatic heterocycles. The number of piperidine rings is 1. The first-order chi connectivity index (χ1) is 12.9. The summed E-state index contributed by atoms with van der Waals surface area (Å²) in [7, 11) is 0. The molecule has 2 N–H and O–H groups in total. The molecule has 1 aliphatic carbocycles. The van der Waals surface area contributed by atoms with Gasteiger partial charge in [-0.2, -0.15) is 0 Å². The summed E-state index contributed by atoms with van der Waals surface area (Å²) < 4.78 is 0. The van der Waals surface area contributed by atoms with E-state index >= 15 is 0 Å². The first-order valence-corrected chi connectivity index (χ1v) is 9.88. The van der Waals surface area contributed by atoms with Gasteiger partial charge in [-0.1, -0.05) is 41.5 Å². The highest BCUT2D eigenvalue weighted by molar-refractivity contribution is 5.85. The minimum absolute atomic E-state index is 0.0873. The van der Waals surface area contributed by atoms with Crippen LogP contribution in [0, 0.1) is 11.8 Å². The molecule has 0 spiro atoms. The van der Waals surface area contributed by atoms with Gasteiger partial charge in [0.15, 0.2) is 0 Å². The van der Waals surface area contributed by atoms with Gasteiger partial charge in [-0.25, -0.2) is 0 Å². The fourth-order valence-electron chi connectivity index (χ4n) is 4.21. The Morgan fingerprint density at radius 2 is 1.63 bits per heavy atom. The molecular formula is C22H30N2O3. The van der Waals surface area contributed by atoms with E-state index in [1.807, 2.05) is 19.9 Å². The van der Waals surface area contributed by atoms with E-state index in [0.29, 0.717) is 12.8 Å². The van der Waals surface area contributed by atoms with E-state index in [9.17, 15) is 14.7 Å². The Balaban J connectivity index is 1.52. The lowest BCUT2D eigenvalue weighted by Crippen LogP contribution is -2.48. The third kappa shape index (κ3) is 4.98. The highest BCUT2D eigenvalue weighted by atomic mass is 16.4. The highest BCUT2D eigenvalue weighted by Crippen LogP contribution is 2.34. The predicted octanol–water partition coefficient (Wildman–Crippen LogP) is 3.21. The number of carboxylic acid groups (broad SMARTS) is 1. The van der Waals surface area contributed by atoms with Crippen LogP contribution >= 0.6 is 0 Å². The molecule has 0 bridgehead atoms. The average Bonchev–Trinajstić information content (AvgIpc) is 2.66. The summed E-state index contributed by atoms with van der Waals surface area (Å²) in [5.41, 5.74) is 3.58. The number of carbonyl (C=O) groups is 2. The molecule has 0 saturated carbocycles. The lowest BCUT2D eigenvalue weighted by Gasteiger charge is -2.35. The molecule has 27 heavy (non-hydrogen) atoms. The molecular weight excluding hydrogens is 340 g/mol. The molecule has 1 heterocycles. The highest BCUT2D eigenvalue weighted by Gasteiger charge is 2.38. The monoisotopic (exact) mass is 370 g/mol. The third-order valence-electron chi connectivity index (χ3n) is 6.10. The zero-order chi connectivity index (χ0) is 19.4. The zero-order valence-electron chi connectivity index (χ0n) is 16.3. The van der Waals surface area contributed by atoms with Crippen LogP contribution in [0.4, 0.5) is 0 Å². The van der Waals surface area contributed by atoms with Crippen LogP contribution in [0.15, 0.2) is 41.5 Å². The van der Waals surface area contributed by atoms with Crippen LogP contribution in [0.25, 0.3) is 0 Å². The van der Waals surface area contributed by atoms with Gasteiger partial charge in [0.05, 0.1) is 11.8 Å². The number of nitrogens with zero attached hydrogens (tertiary/aromatic N) is 1. The van der Waals surface area contributed by atoms with Crippen molar-refractivity contribution in [2.75, 3.05) is 13.1 Å². The first kappa shape index (κ1) is 19.6. The number of hydrogen-bond donors (Lipinski definition) is 2. The van der Waals surface area contributed by atoms with Crippen LogP contribution < -0.4 is 5.32 Å². The van der Waals surface area contributed by atoms with Crippen LogP contribution in [0.2, 0.25) is 0 Å². The zero-order valence-corrected chi connectivity index (χ0v) is 16.3. The van der Waals surface area contributed by atoms with Gasteiger partial charge in [0.25, 0.3) is 0 Å². The maximum Gasteiger partial charge on any atom is 0.307 e. The van der Waals surface area contributed by atoms with Crippen LogP contribution in [0.5, 0.6) is 0 Å². The fraction of sp³-hybridized carbons (Fsp3) is 0.545. The smallest absolute Gasteiger partial charge is 0.307 e. The lowest BCUT2D eigenvalue weighted by atomic mass is 9.76. The summed E-state index contributed by atoms with van der Waals surface area (Å²) in [6, 6.07) is 10.6. The maximum atomic E-state index is 12.8. The largest absolute Gasteiger partial charge is 0.481 e. The molecule has 3 rings (SSSR count). The van der Waals surface area contributed by atoms with Gasteiger partial charge in [-0.3, -0.25) is 14.5 Å². The number of carbonyl (C=O) groups excluding carboxylic acids is 1. The van der Waals surface area contributed by atoms with Crippen LogP contribution in [0.1, 0.15) is 45.1 Å². The molecule has 1 aromatic rings. The van der Waals surface area contributed by atoms with E-state index in [0.717, 1.165) is 43.6 Å². The molecule has 5 nitrogen and oxygen atoms in total. The van der Waals surface area contributed by atoms with E-state index in [2.05, 4.69) is 34.5 Å². The molecule has 1 saturated heterocycles. The average molecular weight is 370 g/mol. The first-order valence-electron chi connectivity index (χ1n) is 9.88. The summed E-state index contributed by atoms with van der Waals surface area (Å²) in [4.78, 5) is 26.8. The van der Waals surface area contributed by atoms with Crippen molar-refractivity contribution in [1.29, 1.82) is 0 Å². The van der Waals surface area contributed by atoms with Gasteiger partial charge < -0.3 is 10.4 Å². The molecule has 2 aliphatic rings. The van der Waals surface area contributed by atoms with Crippen molar-refractivity contribution in [3.8, 4) is 0 Å². The number of hydrogen-bond acceptors (Lipinski definition) is 3. The molecule has 0 unspecified atom stereocenters. The van der Waals surface area contributed by atoms with Crippen molar-refractivity contribution in [2.24, 2.45) is 11.8 Å². The van der Waals surface area contributed by atoms with Crippen molar-refractivity contribution < 1.29 is 14.7 Å². The molecule has 146 valence electrons. The van der Waals surface area contributed by atoms with Crippen LogP contribution in [-0.2, 0) is 16.1 Å². The third-order valence-corrected chi connectivity index (χ3v) is 6.10. The Hall–Kier alpha value is -2.14. The topological polar surface area (TPSA) is 69.6 Å². The summed E-state index contributed by atoms with van der Waals surface area (Å²) >= 11 is 0. The molecule has 0 radical (unpaired) electrons. The molecule has 1 aliphatic heterocycles. The van der Waals surface area contributed by atoms with Gasteiger partial charge in [0.2, 0.25) is 5.91 Å². The van der Waals surface area contributed by atoms with E-state index < -0.39 is 17.8 Å². The van der Waals surface area contributed by atoms with Gasteiger partial charge in [0, 0.05) is 25.7 Å². The summed E-state index contributed by atoms with van der Waals surface area (Å²) in [6.07, 6.45) is 2.87. The Kier molecular flexibility index (Phi) is 6.32. The van der Waals surface area contributed by atoms with E-state index in [1.165, 1.54) is 5.56 Å². The SMILES string of the molecule is CC1=C(C)C[C@H](C(=O)NC2CCN(Cc3ccccc3)CC2)[C@@H](C(=O)O)C1. The Bertz CT molecular complexity index is 706. The van der Waals surface area contributed by atoms with Gasteiger partial charge in [0.1, 0.15) is 0 Å². The van der Waals surface area contributed by atoms with Gasteiger partial charge in [-0.05, 0) is 45.1 Å². The van der Waals surface area contributed by atoms with Crippen molar-refractivity contribution in [1.82, 2.24) is 10.2 Å². The second kappa shape index (κ2) is 8.70. The molecule has 2 atom stereocenters. The number of nitrogens with one attached hydrogen (secondary N) is 1. The van der Waals surface area contributed by atoms with Gasteiger partial charge in [-0.15, -0.1) is 0 Å². The summed E-state index contributed by atoms with van der Waals surface area (Å²) in [5, 5.41) is 12.7. The van der Waals surface area contributed by atoms with Crippen molar-refractivity contribution in [2.45, 2.75) is 52.1 Å². The molecule has 5 heteroatoms. The Morgan fingerprint density at radius 3 is 2.22 bits per heavy atom. The number of aliphatic carboxylic acids is 1. The lowest BCUT2D eigenvalue weighted by molar-refractivity contribution is -0.147. The van der Waals surface area contributed by atoms with Crippen LogP contribution in [0.3, 0.4) is 0 Å². The molecule has 1 fully saturated rings. The predicted molar refractivity (Wildman–Crippen MR) is 105 cm³/mol. The van der Waals surface area contributed by atoms with Crippen LogP contribution in [-0.4, -0.2) is 41.0 Å². The normalized spacial score (nSPS) is 24.7. The minimum Gasteiger partial charge on any atom is -0.481 e. The number of benzene rings is 1. The maximum absolute atomic E-state index is 12.8. The Labute approximate surface area is 161 Å². The van der Waals surface area contributed by atoms with E-state index in [1.54, 1.807) is 0 Å². The van der Waals surface area contributed by atoms with E-state index in [4.69, 9.17) is 0 Å². The number of amides is 1. The van der Waals surface area contributed by atoms with Crippen molar-refractivity contribution in [3.63, 3.8) is 0 Å². The van der Waals surface area contributed by atoms with Gasteiger partial charge >= 0.3 is 5.97 Å². The summed E-state index contributed by atoms with van der Waals surface area (Å²) in [5.74, 6) is -2.00. The minimum atomic E-state index is -0.861.